The van der Waals surface area contributed by atoms with Crippen LogP contribution in [0.4, 0.5) is 0 Å². The molecular formula is C13H24N2O. The Bertz CT molecular complexity index is 267. The molecule has 1 saturated heterocycles. The highest BCUT2D eigenvalue weighted by Crippen LogP contribution is 2.30. The molecule has 1 aliphatic heterocycles. The molecule has 4 unspecified atom stereocenters. The maximum Gasteiger partial charge on any atom is 0.240 e. The van der Waals surface area contributed by atoms with Crippen molar-refractivity contribution in [2.75, 3.05) is 0 Å². The fourth-order valence-corrected chi connectivity index (χ4v) is 3.22. The van der Waals surface area contributed by atoms with Crippen molar-refractivity contribution in [3.8, 4) is 0 Å². The highest BCUT2D eigenvalue weighted by Gasteiger charge is 2.40. The van der Waals surface area contributed by atoms with E-state index in [0.29, 0.717) is 11.9 Å². The van der Waals surface area contributed by atoms with E-state index in [-0.39, 0.29) is 12.2 Å². The summed E-state index contributed by atoms with van der Waals surface area (Å²) in [7, 11) is 0. The summed E-state index contributed by atoms with van der Waals surface area (Å²) in [6, 6.07) is 0.501. The lowest BCUT2D eigenvalue weighted by atomic mass is 9.86. The molecule has 0 aromatic heterocycles. The summed E-state index contributed by atoms with van der Waals surface area (Å²) in [6.07, 6.45) is 6.29. The lowest BCUT2D eigenvalue weighted by molar-refractivity contribution is -0.133. The molecule has 4 atom stereocenters. The van der Waals surface area contributed by atoms with E-state index in [4.69, 9.17) is 0 Å². The molecule has 0 bridgehead atoms. The maximum atomic E-state index is 12.1. The largest absolute Gasteiger partial charge is 0.323 e. The van der Waals surface area contributed by atoms with Gasteiger partial charge in [0.15, 0.2) is 0 Å². The van der Waals surface area contributed by atoms with Crippen molar-refractivity contribution >= 4 is 5.91 Å². The van der Waals surface area contributed by atoms with E-state index < -0.39 is 0 Å². The molecule has 2 aliphatic rings. The molecule has 0 aromatic carbocycles. The van der Waals surface area contributed by atoms with Gasteiger partial charge in [-0.3, -0.25) is 10.1 Å². The Morgan fingerprint density at radius 2 is 2.12 bits per heavy atom. The van der Waals surface area contributed by atoms with E-state index in [1.165, 1.54) is 25.7 Å². The first-order valence-corrected chi connectivity index (χ1v) is 6.71. The van der Waals surface area contributed by atoms with Gasteiger partial charge in [0.1, 0.15) is 0 Å². The second kappa shape index (κ2) is 4.74. The summed E-state index contributed by atoms with van der Waals surface area (Å²) >= 11 is 0. The van der Waals surface area contributed by atoms with Gasteiger partial charge in [-0.1, -0.05) is 26.7 Å². The van der Waals surface area contributed by atoms with Gasteiger partial charge < -0.3 is 4.90 Å². The van der Waals surface area contributed by atoms with Crippen molar-refractivity contribution in [3.63, 3.8) is 0 Å². The van der Waals surface area contributed by atoms with Crippen LogP contribution in [-0.4, -0.2) is 29.1 Å². The van der Waals surface area contributed by atoms with E-state index in [9.17, 15) is 4.79 Å². The summed E-state index contributed by atoms with van der Waals surface area (Å²) in [5, 5.41) is 3.39. The van der Waals surface area contributed by atoms with Crippen LogP contribution in [0.3, 0.4) is 0 Å². The van der Waals surface area contributed by atoms with Crippen molar-refractivity contribution in [3.05, 3.63) is 0 Å². The molecule has 92 valence electrons. The second-order valence-corrected chi connectivity index (χ2v) is 5.48. The smallest absolute Gasteiger partial charge is 0.240 e. The lowest BCUT2D eigenvalue weighted by Crippen LogP contribution is -2.46. The van der Waals surface area contributed by atoms with E-state index in [1.54, 1.807) is 0 Å². The van der Waals surface area contributed by atoms with Gasteiger partial charge in [-0.15, -0.1) is 0 Å². The molecule has 2 fully saturated rings. The van der Waals surface area contributed by atoms with E-state index in [1.807, 2.05) is 6.92 Å². The van der Waals surface area contributed by atoms with Gasteiger partial charge >= 0.3 is 0 Å². The molecule has 1 heterocycles. The van der Waals surface area contributed by atoms with Crippen LogP contribution >= 0.6 is 0 Å². The van der Waals surface area contributed by atoms with Gasteiger partial charge in [0.05, 0.1) is 12.2 Å². The van der Waals surface area contributed by atoms with Crippen molar-refractivity contribution in [1.29, 1.82) is 0 Å². The Morgan fingerprint density at radius 3 is 2.75 bits per heavy atom. The third-order valence-electron chi connectivity index (χ3n) is 4.09. The average molecular weight is 224 g/mol. The van der Waals surface area contributed by atoms with Crippen molar-refractivity contribution in [2.45, 2.75) is 71.1 Å². The predicted molar refractivity (Wildman–Crippen MR) is 64.9 cm³/mol. The summed E-state index contributed by atoms with van der Waals surface area (Å²) in [5.74, 6) is 1.09. The van der Waals surface area contributed by atoms with Crippen LogP contribution in [-0.2, 0) is 4.79 Å². The Morgan fingerprint density at radius 1 is 1.38 bits per heavy atom. The summed E-state index contributed by atoms with van der Waals surface area (Å²) in [6.45, 7) is 6.45. The average Bonchev–Trinajstić information content (AvgIpc) is 2.55. The Hall–Kier alpha value is -0.570. The maximum absolute atomic E-state index is 12.1. The number of hydrogen-bond acceptors (Lipinski definition) is 2. The standard InChI is InChI=1S/C13H24N2O/c1-4-12-14-10(3)13(16)15(12)11-7-5-6-9(2)8-11/h9-12,14H,4-8H2,1-3H3. The number of carbonyl (C=O) groups is 1. The van der Waals surface area contributed by atoms with Crippen LogP contribution in [0.15, 0.2) is 0 Å². The van der Waals surface area contributed by atoms with E-state index in [2.05, 4.69) is 24.1 Å². The zero-order chi connectivity index (χ0) is 11.7. The molecule has 0 radical (unpaired) electrons. The first-order chi connectivity index (χ1) is 7.63. The highest BCUT2D eigenvalue weighted by atomic mass is 16.2. The fourth-order valence-electron chi connectivity index (χ4n) is 3.22. The number of hydrogen-bond donors (Lipinski definition) is 1. The topological polar surface area (TPSA) is 32.3 Å². The molecule has 3 heteroatoms. The first-order valence-electron chi connectivity index (χ1n) is 6.71. The molecule has 16 heavy (non-hydrogen) atoms. The van der Waals surface area contributed by atoms with Gasteiger partial charge in [-0.05, 0) is 32.1 Å². The zero-order valence-corrected chi connectivity index (χ0v) is 10.7. The highest BCUT2D eigenvalue weighted by molar-refractivity contribution is 5.84. The SMILES string of the molecule is CCC1NC(C)C(=O)N1C1CCCC(C)C1. The van der Waals surface area contributed by atoms with Crippen LogP contribution in [0.25, 0.3) is 0 Å². The molecule has 1 amide bonds. The van der Waals surface area contributed by atoms with E-state index in [0.717, 1.165) is 12.3 Å². The Kier molecular flexibility index (Phi) is 3.53. The van der Waals surface area contributed by atoms with Gasteiger partial charge in [-0.2, -0.15) is 0 Å². The zero-order valence-electron chi connectivity index (χ0n) is 10.7. The fraction of sp³-hybridized carbons (Fsp3) is 0.923. The summed E-state index contributed by atoms with van der Waals surface area (Å²) in [4.78, 5) is 14.3. The van der Waals surface area contributed by atoms with Gasteiger partial charge in [0.2, 0.25) is 5.91 Å². The van der Waals surface area contributed by atoms with Crippen molar-refractivity contribution in [1.82, 2.24) is 10.2 Å². The quantitative estimate of drug-likeness (QED) is 0.779. The minimum atomic E-state index is 0.0159. The number of carbonyl (C=O) groups excluding carboxylic acids is 1. The number of nitrogens with one attached hydrogen (secondary N) is 1. The van der Waals surface area contributed by atoms with Gasteiger partial charge in [0.25, 0.3) is 0 Å². The molecule has 2 rings (SSSR count). The summed E-state index contributed by atoms with van der Waals surface area (Å²) < 4.78 is 0. The van der Waals surface area contributed by atoms with Crippen LogP contribution in [0, 0.1) is 5.92 Å². The van der Waals surface area contributed by atoms with Crippen LogP contribution in [0.2, 0.25) is 0 Å². The third kappa shape index (κ3) is 2.10. The molecule has 1 N–H and O–H groups in total. The Balaban J connectivity index is 2.08. The van der Waals surface area contributed by atoms with Crippen LogP contribution in [0.5, 0.6) is 0 Å². The van der Waals surface area contributed by atoms with Gasteiger partial charge in [-0.25, -0.2) is 0 Å². The normalized spacial score (nSPS) is 40.4. The number of nitrogens with zero attached hydrogens (tertiary/aromatic N) is 1. The van der Waals surface area contributed by atoms with Crippen molar-refractivity contribution in [2.24, 2.45) is 5.92 Å². The molecule has 3 nitrogen and oxygen atoms in total. The number of amides is 1. The third-order valence-corrected chi connectivity index (χ3v) is 4.09. The Labute approximate surface area is 98.6 Å². The molecule has 1 saturated carbocycles. The van der Waals surface area contributed by atoms with Crippen LogP contribution < -0.4 is 5.32 Å². The lowest BCUT2D eigenvalue weighted by Gasteiger charge is -2.37. The van der Waals surface area contributed by atoms with Crippen LogP contribution in [0.1, 0.15) is 52.9 Å². The van der Waals surface area contributed by atoms with Crippen molar-refractivity contribution < 1.29 is 4.79 Å². The summed E-state index contributed by atoms with van der Waals surface area (Å²) in [5.41, 5.74) is 0. The second-order valence-electron chi connectivity index (χ2n) is 5.48. The molecular weight excluding hydrogens is 200 g/mol. The number of rotatable bonds is 2. The minimum Gasteiger partial charge on any atom is -0.323 e. The monoisotopic (exact) mass is 224 g/mol. The van der Waals surface area contributed by atoms with E-state index >= 15 is 0 Å². The minimum absolute atomic E-state index is 0.0159. The molecule has 0 aromatic rings. The van der Waals surface area contributed by atoms with Gasteiger partial charge in [0, 0.05) is 6.04 Å². The molecule has 0 spiro atoms. The molecule has 1 aliphatic carbocycles. The first kappa shape index (κ1) is 11.9. The predicted octanol–water partition coefficient (Wildman–Crippen LogP) is 2.12.